The number of halogens is 2. The standard InChI is InChI=1S/C9H11ClN2.ClH/c10-8-3-2-7(6-12-8)9(11)4-1-5-9;/h2-3,6H,1,4-5,11H2;1H. The Bertz CT molecular complexity index is 280. The van der Waals surface area contributed by atoms with Crippen LogP contribution in [0.5, 0.6) is 0 Å². The van der Waals surface area contributed by atoms with E-state index in [-0.39, 0.29) is 17.9 Å². The first-order valence-corrected chi connectivity index (χ1v) is 4.49. The third-order valence-corrected chi connectivity index (χ3v) is 2.77. The Morgan fingerprint density at radius 1 is 1.38 bits per heavy atom. The number of hydrogen-bond acceptors (Lipinski definition) is 2. The maximum absolute atomic E-state index is 6.09. The van der Waals surface area contributed by atoms with Gasteiger partial charge in [-0.1, -0.05) is 17.7 Å². The number of rotatable bonds is 1. The molecular weight excluding hydrogens is 207 g/mol. The van der Waals surface area contributed by atoms with Crippen molar-refractivity contribution in [1.82, 2.24) is 4.98 Å². The second kappa shape index (κ2) is 3.82. The van der Waals surface area contributed by atoms with E-state index >= 15 is 0 Å². The van der Waals surface area contributed by atoms with E-state index in [1.165, 1.54) is 6.42 Å². The molecule has 1 aliphatic rings. The van der Waals surface area contributed by atoms with Crippen LogP contribution in [-0.2, 0) is 5.54 Å². The third-order valence-electron chi connectivity index (χ3n) is 2.55. The van der Waals surface area contributed by atoms with Crippen LogP contribution in [0, 0.1) is 0 Å². The lowest BCUT2D eigenvalue weighted by atomic mass is 9.73. The average molecular weight is 219 g/mol. The zero-order valence-electron chi connectivity index (χ0n) is 7.16. The van der Waals surface area contributed by atoms with Gasteiger partial charge in [0.1, 0.15) is 5.15 Å². The zero-order chi connectivity index (χ0) is 8.60. The summed E-state index contributed by atoms with van der Waals surface area (Å²) in [5.41, 5.74) is 7.09. The highest BCUT2D eigenvalue weighted by atomic mass is 35.5. The summed E-state index contributed by atoms with van der Waals surface area (Å²) in [7, 11) is 0. The topological polar surface area (TPSA) is 38.9 Å². The summed E-state index contributed by atoms with van der Waals surface area (Å²) in [5.74, 6) is 0. The minimum Gasteiger partial charge on any atom is -0.321 e. The molecule has 1 aromatic heterocycles. The molecule has 0 radical (unpaired) electrons. The molecule has 2 rings (SSSR count). The second-order valence-electron chi connectivity index (χ2n) is 3.38. The largest absolute Gasteiger partial charge is 0.321 e. The fraction of sp³-hybridized carbons (Fsp3) is 0.444. The fourth-order valence-corrected chi connectivity index (χ4v) is 1.63. The molecule has 0 atom stereocenters. The Morgan fingerprint density at radius 3 is 2.46 bits per heavy atom. The molecule has 4 heteroatoms. The molecule has 0 aliphatic heterocycles. The first kappa shape index (κ1) is 10.8. The normalized spacial score (nSPS) is 18.6. The van der Waals surface area contributed by atoms with Crippen molar-refractivity contribution in [3.8, 4) is 0 Å². The first-order chi connectivity index (χ1) is 5.71. The van der Waals surface area contributed by atoms with E-state index < -0.39 is 0 Å². The van der Waals surface area contributed by atoms with Gasteiger partial charge in [-0.3, -0.25) is 0 Å². The molecule has 1 saturated carbocycles. The van der Waals surface area contributed by atoms with Crippen molar-refractivity contribution in [2.45, 2.75) is 24.8 Å². The van der Waals surface area contributed by atoms with Gasteiger partial charge in [-0.2, -0.15) is 0 Å². The van der Waals surface area contributed by atoms with Crippen LogP contribution < -0.4 is 5.73 Å². The Balaban J connectivity index is 0.000000845. The molecule has 2 N–H and O–H groups in total. The van der Waals surface area contributed by atoms with Crippen LogP contribution in [0.25, 0.3) is 0 Å². The highest BCUT2D eigenvalue weighted by Gasteiger charge is 2.34. The van der Waals surface area contributed by atoms with Crippen LogP contribution >= 0.6 is 24.0 Å². The van der Waals surface area contributed by atoms with Gasteiger partial charge in [0.05, 0.1) is 0 Å². The van der Waals surface area contributed by atoms with E-state index in [0.717, 1.165) is 18.4 Å². The minimum absolute atomic E-state index is 0. The summed E-state index contributed by atoms with van der Waals surface area (Å²) in [5, 5.41) is 0.529. The van der Waals surface area contributed by atoms with E-state index in [2.05, 4.69) is 4.98 Å². The number of nitrogens with two attached hydrogens (primary N) is 1. The SMILES string of the molecule is Cl.NC1(c2ccc(Cl)nc2)CCC1. The lowest BCUT2D eigenvalue weighted by Gasteiger charge is -2.38. The highest BCUT2D eigenvalue weighted by molar-refractivity contribution is 6.29. The van der Waals surface area contributed by atoms with Crippen molar-refractivity contribution in [3.63, 3.8) is 0 Å². The fourth-order valence-electron chi connectivity index (χ4n) is 1.52. The predicted molar refractivity (Wildman–Crippen MR) is 56.2 cm³/mol. The quantitative estimate of drug-likeness (QED) is 0.737. The summed E-state index contributed by atoms with van der Waals surface area (Å²) in [6.45, 7) is 0. The molecule has 2 nitrogen and oxygen atoms in total. The van der Waals surface area contributed by atoms with Crippen LogP contribution in [0.1, 0.15) is 24.8 Å². The predicted octanol–water partition coefficient (Wildman–Crippen LogP) is 2.49. The van der Waals surface area contributed by atoms with Crippen molar-refractivity contribution in [2.75, 3.05) is 0 Å². The summed E-state index contributed by atoms with van der Waals surface area (Å²) < 4.78 is 0. The molecule has 0 saturated heterocycles. The number of aromatic nitrogens is 1. The summed E-state index contributed by atoms with van der Waals surface area (Å²) in [6, 6.07) is 3.76. The molecule has 0 unspecified atom stereocenters. The maximum Gasteiger partial charge on any atom is 0.129 e. The Labute approximate surface area is 88.9 Å². The molecule has 0 spiro atoms. The van der Waals surface area contributed by atoms with Gasteiger partial charge in [0, 0.05) is 11.7 Å². The Kier molecular flexibility index (Phi) is 3.17. The monoisotopic (exact) mass is 218 g/mol. The molecule has 0 bridgehead atoms. The van der Waals surface area contributed by atoms with E-state index in [0.29, 0.717) is 5.15 Å². The van der Waals surface area contributed by atoms with Gasteiger partial charge < -0.3 is 5.73 Å². The number of pyridine rings is 1. The van der Waals surface area contributed by atoms with Gasteiger partial charge in [0.15, 0.2) is 0 Å². The molecule has 1 fully saturated rings. The molecule has 13 heavy (non-hydrogen) atoms. The van der Waals surface area contributed by atoms with Gasteiger partial charge in [-0.05, 0) is 30.9 Å². The summed E-state index contributed by atoms with van der Waals surface area (Å²) in [6.07, 6.45) is 5.13. The van der Waals surface area contributed by atoms with E-state index in [9.17, 15) is 0 Å². The summed E-state index contributed by atoms with van der Waals surface area (Å²) >= 11 is 5.67. The van der Waals surface area contributed by atoms with Gasteiger partial charge in [0.2, 0.25) is 0 Å². The van der Waals surface area contributed by atoms with Gasteiger partial charge in [-0.25, -0.2) is 4.98 Å². The molecule has 72 valence electrons. The van der Waals surface area contributed by atoms with Crippen LogP contribution in [0.3, 0.4) is 0 Å². The lowest BCUT2D eigenvalue weighted by molar-refractivity contribution is 0.253. The molecule has 0 amide bonds. The Morgan fingerprint density at radius 2 is 2.08 bits per heavy atom. The van der Waals surface area contributed by atoms with E-state index in [1.807, 2.05) is 6.07 Å². The van der Waals surface area contributed by atoms with Crippen LogP contribution in [0.2, 0.25) is 5.15 Å². The lowest BCUT2D eigenvalue weighted by Crippen LogP contribution is -2.43. The first-order valence-electron chi connectivity index (χ1n) is 4.12. The van der Waals surface area contributed by atoms with E-state index in [1.54, 1.807) is 12.3 Å². The molecule has 1 aromatic rings. The molecule has 1 aliphatic carbocycles. The van der Waals surface area contributed by atoms with E-state index in [4.69, 9.17) is 17.3 Å². The van der Waals surface area contributed by atoms with Crippen LogP contribution in [0.15, 0.2) is 18.3 Å². The second-order valence-corrected chi connectivity index (χ2v) is 3.77. The average Bonchev–Trinajstić information content (AvgIpc) is 2.02. The van der Waals surface area contributed by atoms with Crippen molar-refractivity contribution in [2.24, 2.45) is 5.73 Å². The van der Waals surface area contributed by atoms with Crippen molar-refractivity contribution in [3.05, 3.63) is 29.0 Å². The van der Waals surface area contributed by atoms with Crippen molar-refractivity contribution >= 4 is 24.0 Å². The molecule has 0 aromatic carbocycles. The van der Waals surface area contributed by atoms with Crippen molar-refractivity contribution < 1.29 is 0 Å². The van der Waals surface area contributed by atoms with Crippen LogP contribution in [0.4, 0.5) is 0 Å². The van der Waals surface area contributed by atoms with Gasteiger partial charge in [0.25, 0.3) is 0 Å². The smallest absolute Gasteiger partial charge is 0.129 e. The maximum atomic E-state index is 6.09. The molecule has 1 heterocycles. The molecular formula is C9H12Cl2N2. The number of hydrogen-bond donors (Lipinski definition) is 1. The number of nitrogens with zero attached hydrogens (tertiary/aromatic N) is 1. The third kappa shape index (κ3) is 1.96. The van der Waals surface area contributed by atoms with Gasteiger partial charge in [-0.15, -0.1) is 12.4 Å². The van der Waals surface area contributed by atoms with Crippen molar-refractivity contribution in [1.29, 1.82) is 0 Å². The summed E-state index contributed by atoms with van der Waals surface area (Å²) in [4.78, 5) is 4.01. The Hall–Kier alpha value is -0.310. The highest BCUT2D eigenvalue weighted by Crippen LogP contribution is 2.38. The van der Waals surface area contributed by atoms with Crippen LogP contribution in [-0.4, -0.2) is 4.98 Å². The zero-order valence-corrected chi connectivity index (χ0v) is 8.74. The minimum atomic E-state index is -0.114. The van der Waals surface area contributed by atoms with Gasteiger partial charge >= 0.3 is 0 Å².